The number of aromatic nitrogens is 3. The number of fused-ring (bicyclic) bond motifs is 1. The third kappa shape index (κ3) is 4.25. The number of likely N-dealkylation sites (tertiary alicyclic amines) is 1. The van der Waals surface area contributed by atoms with Crippen LogP contribution in [0.1, 0.15) is 37.3 Å². The molecule has 168 valence electrons. The standard InChI is InChI=1S/C28H30N4O/c1-2-7-21(8-3-1)19-33-25-10-6-9-23(15-25)27-18-32(28-26(27)16-29-20-30-28)24-13-22(14-24)17-31-11-4-5-12-31/h1-3,6-10,15-16,18,20,22,24H,4-5,11-14,17,19H2/t22-,24-. The lowest BCUT2D eigenvalue weighted by Gasteiger charge is -2.38. The highest BCUT2D eigenvalue weighted by Gasteiger charge is 2.33. The zero-order valence-corrected chi connectivity index (χ0v) is 18.9. The van der Waals surface area contributed by atoms with E-state index in [2.05, 4.69) is 56.0 Å². The molecule has 0 bridgehead atoms. The first kappa shape index (κ1) is 20.4. The molecule has 5 heteroatoms. The van der Waals surface area contributed by atoms with E-state index in [9.17, 15) is 0 Å². The maximum absolute atomic E-state index is 6.09. The molecule has 0 unspecified atom stereocenters. The Hall–Kier alpha value is -3.18. The second-order valence-electron chi connectivity index (χ2n) is 9.51. The van der Waals surface area contributed by atoms with E-state index >= 15 is 0 Å². The van der Waals surface area contributed by atoms with Crippen LogP contribution in [0.4, 0.5) is 0 Å². The van der Waals surface area contributed by atoms with E-state index in [0.29, 0.717) is 12.6 Å². The Morgan fingerprint density at radius 2 is 1.82 bits per heavy atom. The second-order valence-corrected chi connectivity index (χ2v) is 9.51. The molecule has 2 aromatic carbocycles. The van der Waals surface area contributed by atoms with Crippen LogP contribution in [0.3, 0.4) is 0 Å². The SMILES string of the molecule is c1ccc(COc2cccc(-c3cn([C@H]4C[C@H](CN5CCCC5)C4)c4ncncc34)c2)cc1. The Labute approximate surface area is 195 Å². The van der Waals surface area contributed by atoms with E-state index in [0.717, 1.165) is 28.3 Å². The van der Waals surface area contributed by atoms with Crippen molar-refractivity contribution in [2.24, 2.45) is 5.92 Å². The molecule has 1 saturated carbocycles. The summed E-state index contributed by atoms with van der Waals surface area (Å²) in [4.78, 5) is 11.6. The molecule has 1 aliphatic heterocycles. The van der Waals surface area contributed by atoms with Crippen LogP contribution in [-0.2, 0) is 6.61 Å². The summed E-state index contributed by atoms with van der Waals surface area (Å²) in [7, 11) is 0. The molecule has 0 spiro atoms. The van der Waals surface area contributed by atoms with Gasteiger partial charge in [-0.3, -0.25) is 0 Å². The maximum Gasteiger partial charge on any atom is 0.144 e. The summed E-state index contributed by atoms with van der Waals surface area (Å²) in [5.41, 5.74) is 4.53. The molecular formula is C28H30N4O. The van der Waals surface area contributed by atoms with Gasteiger partial charge in [-0.1, -0.05) is 42.5 Å². The van der Waals surface area contributed by atoms with Crippen molar-refractivity contribution in [3.8, 4) is 16.9 Å². The predicted octanol–water partition coefficient (Wildman–Crippen LogP) is 5.72. The smallest absolute Gasteiger partial charge is 0.144 e. The summed E-state index contributed by atoms with van der Waals surface area (Å²) >= 11 is 0. The summed E-state index contributed by atoms with van der Waals surface area (Å²) in [5, 5.41) is 1.11. The Kier molecular flexibility index (Phi) is 5.56. The summed E-state index contributed by atoms with van der Waals surface area (Å²) in [6.45, 7) is 4.40. The van der Waals surface area contributed by atoms with Crippen molar-refractivity contribution in [2.75, 3.05) is 19.6 Å². The molecule has 4 aromatic rings. The molecule has 33 heavy (non-hydrogen) atoms. The summed E-state index contributed by atoms with van der Waals surface area (Å²) in [6.07, 6.45) is 11.1. The fraction of sp³-hybridized carbons (Fsp3) is 0.357. The van der Waals surface area contributed by atoms with E-state index in [1.165, 1.54) is 56.4 Å². The van der Waals surface area contributed by atoms with Crippen LogP contribution in [0.5, 0.6) is 5.75 Å². The van der Waals surface area contributed by atoms with Crippen molar-refractivity contribution in [3.05, 3.63) is 78.9 Å². The average molecular weight is 439 g/mol. The predicted molar refractivity (Wildman–Crippen MR) is 131 cm³/mol. The second kappa shape index (κ2) is 8.99. The van der Waals surface area contributed by atoms with Crippen molar-refractivity contribution < 1.29 is 4.74 Å². The average Bonchev–Trinajstić information content (AvgIpc) is 3.49. The number of hydrogen-bond donors (Lipinski definition) is 0. The van der Waals surface area contributed by atoms with Gasteiger partial charge in [0, 0.05) is 35.9 Å². The largest absolute Gasteiger partial charge is 0.489 e. The van der Waals surface area contributed by atoms with Gasteiger partial charge in [-0.05, 0) is 68.0 Å². The number of nitrogens with zero attached hydrogens (tertiary/aromatic N) is 4. The molecule has 6 rings (SSSR count). The van der Waals surface area contributed by atoms with Crippen molar-refractivity contribution in [2.45, 2.75) is 38.3 Å². The topological polar surface area (TPSA) is 43.2 Å². The third-order valence-electron chi connectivity index (χ3n) is 7.21. The Balaban J connectivity index is 1.22. The van der Waals surface area contributed by atoms with Crippen molar-refractivity contribution >= 4 is 11.0 Å². The van der Waals surface area contributed by atoms with Crippen molar-refractivity contribution in [1.29, 1.82) is 0 Å². The first-order valence-corrected chi connectivity index (χ1v) is 12.1. The number of hydrogen-bond acceptors (Lipinski definition) is 4. The van der Waals surface area contributed by atoms with E-state index in [1.54, 1.807) is 6.33 Å². The van der Waals surface area contributed by atoms with E-state index in [4.69, 9.17) is 4.74 Å². The minimum atomic E-state index is 0.529. The number of ether oxygens (including phenoxy) is 1. The van der Waals surface area contributed by atoms with Gasteiger partial charge in [0.1, 0.15) is 24.3 Å². The number of rotatable bonds is 7. The maximum atomic E-state index is 6.09. The highest BCUT2D eigenvalue weighted by atomic mass is 16.5. The van der Waals surface area contributed by atoms with Gasteiger partial charge >= 0.3 is 0 Å². The molecule has 0 amide bonds. The molecule has 0 N–H and O–H groups in total. The van der Waals surface area contributed by atoms with Gasteiger partial charge < -0.3 is 14.2 Å². The Morgan fingerprint density at radius 3 is 2.67 bits per heavy atom. The zero-order chi connectivity index (χ0) is 22.0. The van der Waals surface area contributed by atoms with Gasteiger partial charge in [0.05, 0.1) is 0 Å². The monoisotopic (exact) mass is 438 g/mol. The van der Waals surface area contributed by atoms with Crippen LogP contribution < -0.4 is 4.74 Å². The highest BCUT2D eigenvalue weighted by Crippen LogP contribution is 2.42. The van der Waals surface area contributed by atoms with Crippen molar-refractivity contribution in [1.82, 2.24) is 19.4 Å². The first-order valence-electron chi connectivity index (χ1n) is 12.1. The van der Waals surface area contributed by atoms with Crippen LogP contribution >= 0.6 is 0 Å². The minimum Gasteiger partial charge on any atom is -0.489 e. The van der Waals surface area contributed by atoms with E-state index in [1.807, 2.05) is 30.5 Å². The van der Waals surface area contributed by atoms with Gasteiger partial charge in [0.2, 0.25) is 0 Å². The summed E-state index contributed by atoms with van der Waals surface area (Å²) in [6, 6.07) is 19.2. The third-order valence-corrected chi connectivity index (χ3v) is 7.21. The molecule has 0 radical (unpaired) electrons. The van der Waals surface area contributed by atoms with Crippen molar-refractivity contribution in [3.63, 3.8) is 0 Å². The summed E-state index contributed by atoms with van der Waals surface area (Å²) in [5.74, 6) is 1.69. The van der Waals surface area contributed by atoms with Crippen LogP contribution in [0.25, 0.3) is 22.2 Å². The van der Waals surface area contributed by atoms with Crippen LogP contribution in [0, 0.1) is 5.92 Å². The number of benzene rings is 2. The van der Waals surface area contributed by atoms with Gasteiger partial charge in [-0.25, -0.2) is 9.97 Å². The highest BCUT2D eigenvalue weighted by molar-refractivity contribution is 5.93. The van der Waals surface area contributed by atoms with Crippen LogP contribution in [0.2, 0.25) is 0 Å². The molecule has 3 heterocycles. The summed E-state index contributed by atoms with van der Waals surface area (Å²) < 4.78 is 8.48. The molecule has 2 fully saturated rings. The quantitative estimate of drug-likeness (QED) is 0.370. The lowest BCUT2D eigenvalue weighted by molar-refractivity contribution is 0.145. The van der Waals surface area contributed by atoms with Gasteiger partial charge in [0.15, 0.2) is 0 Å². The molecule has 5 nitrogen and oxygen atoms in total. The molecule has 1 saturated heterocycles. The van der Waals surface area contributed by atoms with Crippen LogP contribution in [0.15, 0.2) is 73.3 Å². The molecule has 0 atom stereocenters. The van der Waals surface area contributed by atoms with Gasteiger partial charge in [0.25, 0.3) is 0 Å². The molecule has 2 aliphatic rings. The normalized spacial score (nSPS) is 20.7. The molecular weight excluding hydrogens is 408 g/mol. The lowest BCUT2D eigenvalue weighted by Crippen LogP contribution is -2.35. The Morgan fingerprint density at radius 1 is 0.970 bits per heavy atom. The first-order chi connectivity index (χ1) is 16.3. The fourth-order valence-corrected chi connectivity index (χ4v) is 5.40. The van der Waals surface area contributed by atoms with E-state index < -0.39 is 0 Å². The Bertz CT molecular complexity index is 1220. The van der Waals surface area contributed by atoms with Gasteiger partial charge in [-0.2, -0.15) is 0 Å². The molecule has 2 aromatic heterocycles. The fourth-order valence-electron chi connectivity index (χ4n) is 5.40. The zero-order valence-electron chi connectivity index (χ0n) is 18.9. The van der Waals surface area contributed by atoms with Gasteiger partial charge in [-0.15, -0.1) is 0 Å². The minimum absolute atomic E-state index is 0.529. The van der Waals surface area contributed by atoms with Crippen LogP contribution in [-0.4, -0.2) is 39.1 Å². The van der Waals surface area contributed by atoms with E-state index in [-0.39, 0.29) is 0 Å². The molecule has 1 aliphatic carbocycles. The lowest BCUT2D eigenvalue weighted by atomic mass is 9.79.